The van der Waals surface area contributed by atoms with Gasteiger partial charge in [-0.1, -0.05) is 12.1 Å². The molecule has 0 aliphatic carbocycles. The van der Waals surface area contributed by atoms with Gasteiger partial charge in [-0.25, -0.2) is 0 Å². The Morgan fingerprint density at radius 3 is 2.91 bits per heavy atom. The van der Waals surface area contributed by atoms with Crippen molar-refractivity contribution in [1.82, 2.24) is 5.16 Å². The molecule has 0 radical (unpaired) electrons. The van der Waals surface area contributed by atoms with Crippen LogP contribution in [-0.2, 0) is 6.42 Å². The summed E-state index contributed by atoms with van der Waals surface area (Å²) in [6.07, 6.45) is 0.886. The molecule has 2 N–H and O–H groups in total. The van der Waals surface area contributed by atoms with Crippen LogP contribution in [0.1, 0.15) is 18.4 Å². The van der Waals surface area contributed by atoms with E-state index in [9.17, 15) is 0 Å². The first-order chi connectivity index (χ1) is 5.22. The fourth-order valence-corrected chi connectivity index (χ4v) is 0.939. The first kappa shape index (κ1) is 8.27. The van der Waals surface area contributed by atoms with Crippen molar-refractivity contribution in [1.29, 1.82) is 0 Å². The number of aryl methyl sites for hydroxylation is 1. The van der Waals surface area contributed by atoms with E-state index in [2.05, 4.69) is 12.1 Å². The Hall–Kier alpha value is -0.830. The van der Waals surface area contributed by atoms with Gasteiger partial charge in [0.1, 0.15) is 5.76 Å². The Labute approximate surface area is 66.6 Å². The van der Waals surface area contributed by atoms with Crippen LogP contribution in [0.5, 0.6) is 0 Å². The van der Waals surface area contributed by atoms with E-state index in [-0.39, 0.29) is 0 Å². The van der Waals surface area contributed by atoms with Gasteiger partial charge in [0, 0.05) is 12.5 Å². The summed E-state index contributed by atoms with van der Waals surface area (Å²) in [5, 5.41) is 3.79. The van der Waals surface area contributed by atoms with Crippen LogP contribution in [0.3, 0.4) is 0 Å². The molecule has 1 rings (SSSR count). The molecule has 0 saturated heterocycles. The molecule has 0 spiro atoms. The van der Waals surface area contributed by atoms with Crippen LogP contribution in [0.4, 0.5) is 0 Å². The molecule has 1 unspecified atom stereocenters. The van der Waals surface area contributed by atoms with Crippen LogP contribution in [0.15, 0.2) is 10.6 Å². The van der Waals surface area contributed by atoms with Crippen LogP contribution in [0, 0.1) is 12.8 Å². The predicted octanol–water partition coefficient (Wildman–Crippen LogP) is 1.12. The molecule has 0 aromatic carbocycles. The number of nitrogens with two attached hydrogens (primary N) is 1. The lowest BCUT2D eigenvalue weighted by Crippen LogP contribution is -2.12. The summed E-state index contributed by atoms with van der Waals surface area (Å²) in [6.45, 7) is 4.71. The zero-order valence-corrected chi connectivity index (χ0v) is 7.00. The number of hydrogen-bond donors (Lipinski definition) is 1. The van der Waals surface area contributed by atoms with Crippen molar-refractivity contribution in [3.8, 4) is 0 Å². The standard InChI is InChI=1S/C8H14N2O/c1-6(5-9)3-8-4-7(2)10-11-8/h4,6H,3,5,9H2,1-2H3. The molecular formula is C8H14N2O. The van der Waals surface area contributed by atoms with Gasteiger partial charge in [0.25, 0.3) is 0 Å². The highest BCUT2D eigenvalue weighted by Gasteiger charge is 2.05. The van der Waals surface area contributed by atoms with E-state index in [1.165, 1.54) is 0 Å². The summed E-state index contributed by atoms with van der Waals surface area (Å²) in [7, 11) is 0. The summed E-state index contributed by atoms with van der Waals surface area (Å²) in [4.78, 5) is 0. The first-order valence-corrected chi connectivity index (χ1v) is 3.84. The van der Waals surface area contributed by atoms with Gasteiger partial charge >= 0.3 is 0 Å². The molecule has 1 aromatic rings. The topological polar surface area (TPSA) is 52.0 Å². The second-order valence-electron chi connectivity index (χ2n) is 2.98. The van der Waals surface area contributed by atoms with Crippen molar-refractivity contribution in [3.63, 3.8) is 0 Å². The van der Waals surface area contributed by atoms with E-state index in [0.29, 0.717) is 12.5 Å². The van der Waals surface area contributed by atoms with E-state index >= 15 is 0 Å². The van der Waals surface area contributed by atoms with E-state index in [4.69, 9.17) is 10.3 Å². The molecule has 1 heterocycles. The zero-order valence-electron chi connectivity index (χ0n) is 7.00. The van der Waals surface area contributed by atoms with Gasteiger partial charge in [0.2, 0.25) is 0 Å². The lowest BCUT2D eigenvalue weighted by Gasteiger charge is -2.02. The molecule has 3 nitrogen and oxygen atoms in total. The second kappa shape index (κ2) is 3.53. The van der Waals surface area contributed by atoms with E-state index < -0.39 is 0 Å². The van der Waals surface area contributed by atoms with Crippen LogP contribution < -0.4 is 5.73 Å². The third kappa shape index (κ3) is 2.35. The first-order valence-electron chi connectivity index (χ1n) is 3.84. The number of nitrogens with zero attached hydrogens (tertiary/aromatic N) is 1. The molecule has 0 aliphatic heterocycles. The zero-order chi connectivity index (χ0) is 8.27. The largest absolute Gasteiger partial charge is 0.361 e. The number of hydrogen-bond acceptors (Lipinski definition) is 3. The minimum absolute atomic E-state index is 0.474. The van der Waals surface area contributed by atoms with Crippen molar-refractivity contribution in [2.24, 2.45) is 11.7 Å². The average molecular weight is 154 g/mol. The smallest absolute Gasteiger partial charge is 0.137 e. The Morgan fingerprint density at radius 2 is 2.45 bits per heavy atom. The highest BCUT2D eigenvalue weighted by atomic mass is 16.5. The number of aromatic nitrogens is 1. The fourth-order valence-electron chi connectivity index (χ4n) is 0.939. The van der Waals surface area contributed by atoms with Crippen LogP contribution in [0.2, 0.25) is 0 Å². The van der Waals surface area contributed by atoms with Crippen molar-refractivity contribution in [2.75, 3.05) is 6.54 Å². The minimum atomic E-state index is 0.474. The molecule has 62 valence electrons. The van der Waals surface area contributed by atoms with Gasteiger partial charge < -0.3 is 10.3 Å². The Balaban J connectivity index is 2.50. The van der Waals surface area contributed by atoms with Crippen molar-refractivity contribution < 1.29 is 4.52 Å². The second-order valence-corrected chi connectivity index (χ2v) is 2.98. The SMILES string of the molecule is Cc1cc(CC(C)CN)on1. The van der Waals surface area contributed by atoms with Gasteiger partial charge in [-0.15, -0.1) is 0 Å². The molecule has 0 aliphatic rings. The van der Waals surface area contributed by atoms with Crippen molar-refractivity contribution in [3.05, 3.63) is 17.5 Å². The molecule has 1 atom stereocenters. The van der Waals surface area contributed by atoms with E-state index in [1.807, 2.05) is 13.0 Å². The van der Waals surface area contributed by atoms with Crippen molar-refractivity contribution in [2.45, 2.75) is 20.3 Å². The average Bonchev–Trinajstić information content (AvgIpc) is 2.35. The van der Waals surface area contributed by atoms with Gasteiger partial charge in [-0.05, 0) is 19.4 Å². The van der Waals surface area contributed by atoms with Crippen LogP contribution in [0.25, 0.3) is 0 Å². The Bertz CT molecular complexity index is 220. The molecule has 3 heteroatoms. The maximum atomic E-state index is 5.46. The Kier molecular flexibility index (Phi) is 2.65. The predicted molar refractivity (Wildman–Crippen MR) is 43.2 cm³/mol. The summed E-state index contributed by atoms with van der Waals surface area (Å²) in [5.74, 6) is 1.41. The highest BCUT2D eigenvalue weighted by Crippen LogP contribution is 2.08. The van der Waals surface area contributed by atoms with Gasteiger partial charge in [0.15, 0.2) is 0 Å². The summed E-state index contributed by atoms with van der Waals surface area (Å²) in [5.41, 5.74) is 6.40. The summed E-state index contributed by atoms with van der Waals surface area (Å²) < 4.78 is 5.03. The molecule has 1 aromatic heterocycles. The quantitative estimate of drug-likeness (QED) is 0.709. The summed E-state index contributed by atoms with van der Waals surface area (Å²) in [6, 6.07) is 1.95. The van der Waals surface area contributed by atoms with Crippen LogP contribution in [-0.4, -0.2) is 11.7 Å². The molecule has 0 bridgehead atoms. The maximum Gasteiger partial charge on any atom is 0.137 e. The van der Waals surface area contributed by atoms with Crippen LogP contribution >= 0.6 is 0 Å². The third-order valence-corrected chi connectivity index (χ3v) is 1.63. The molecule has 0 saturated carbocycles. The van der Waals surface area contributed by atoms with Gasteiger partial charge in [0.05, 0.1) is 5.69 Å². The third-order valence-electron chi connectivity index (χ3n) is 1.63. The molecule has 0 amide bonds. The summed E-state index contributed by atoms with van der Waals surface area (Å²) >= 11 is 0. The van der Waals surface area contributed by atoms with Gasteiger partial charge in [-0.3, -0.25) is 0 Å². The molecule has 11 heavy (non-hydrogen) atoms. The normalized spacial score (nSPS) is 13.4. The minimum Gasteiger partial charge on any atom is -0.361 e. The van der Waals surface area contributed by atoms with Crippen molar-refractivity contribution >= 4 is 0 Å². The maximum absolute atomic E-state index is 5.46. The van der Waals surface area contributed by atoms with E-state index in [1.54, 1.807) is 0 Å². The lowest BCUT2D eigenvalue weighted by atomic mass is 10.1. The monoisotopic (exact) mass is 154 g/mol. The lowest BCUT2D eigenvalue weighted by molar-refractivity contribution is 0.362. The van der Waals surface area contributed by atoms with Gasteiger partial charge in [-0.2, -0.15) is 0 Å². The highest BCUT2D eigenvalue weighted by molar-refractivity contribution is 5.03. The Morgan fingerprint density at radius 1 is 1.73 bits per heavy atom. The fraction of sp³-hybridized carbons (Fsp3) is 0.625. The molecule has 0 fully saturated rings. The van der Waals surface area contributed by atoms with E-state index in [0.717, 1.165) is 17.9 Å². The molecular weight excluding hydrogens is 140 g/mol. The number of rotatable bonds is 3.